The maximum Gasteiger partial charge on any atom is 0.274 e. The SMILES string of the molecule is CCc1c(C(=O)N(C)C)nn2c1CN(C(C)C)CCC2. The molecule has 0 N–H and O–H groups in total. The van der Waals surface area contributed by atoms with Crippen LogP contribution in [0.4, 0.5) is 0 Å². The summed E-state index contributed by atoms with van der Waals surface area (Å²) in [5, 5.41) is 4.60. The third-order valence-electron chi connectivity index (χ3n) is 4.03. The molecule has 1 aromatic heterocycles. The molecule has 0 radical (unpaired) electrons. The van der Waals surface area contributed by atoms with Crippen LogP contribution in [-0.4, -0.2) is 52.2 Å². The Morgan fingerprint density at radius 3 is 2.60 bits per heavy atom. The molecular weight excluding hydrogens is 252 g/mol. The van der Waals surface area contributed by atoms with Crippen molar-refractivity contribution in [3.8, 4) is 0 Å². The molecule has 0 fully saturated rings. The molecule has 1 aromatic rings. The van der Waals surface area contributed by atoms with E-state index in [-0.39, 0.29) is 5.91 Å². The molecule has 0 unspecified atom stereocenters. The van der Waals surface area contributed by atoms with Crippen molar-refractivity contribution in [2.75, 3.05) is 20.6 Å². The number of amides is 1. The Balaban J connectivity index is 2.42. The molecule has 5 heteroatoms. The summed E-state index contributed by atoms with van der Waals surface area (Å²) < 4.78 is 2.05. The van der Waals surface area contributed by atoms with Crippen LogP contribution in [0.15, 0.2) is 0 Å². The van der Waals surface area contributed by atoms with E-state index in [2.05, 4.69) is 35.5 Å². The Hall–Kier alpha value is -1.36. The van der Waals surface area contributed by atoms with E-state index in [4.69, 9.17) is 0 Å². The average Bonchev–Trinajstić information content (AvgIpc) is 2.60. The number of aryl methyl sites for hydroxylation is 1. The summed E-state index contributed by atoms with van der Waals surface area (Å²) in [7, 11) is 3.57. The molecular formula is C15H26N4O. The maximum absolute atomic E-state index is 12.3. The van der Waals surface area contributed by atoms with Gasteiger partial charge in [-0.2, -0.15) is 5.10 Å². The van der Waals surface area contributed by atoms with Crippen LogP contribution in [-0.2, 0) is 19.5 Å². The Labute approximate surface area is 121 Å². The molecule has 0 aromatic carbocycles. The second-order valence-corrected chi connectivity index (χ2v) is 5.97. The largest absolute Gasteiger partial charge is 0.343 e. The van der Waals surface area contributed by atoms with E-state index in [0.717, 1.165) is 38.0 Å². The second kappa shape index (κ2) is 5.95. The summed E-state index contributed by atoms with van der Waals surface area (Å²) in [4.78, 5) is 16.4. The van der Waals surface area contributed by atoms with Crippen LogP contribution >= 0.6 is 0 Å². The third-order valence-corrected chi connectivity index (χ3v) is 4.03. The molecule has 112 valence electrons. The number of aromatic nitrogens is 2. The van der Waals surface area contributed by atoms with Crippen molar-refractivity contribution in [2.45, 2.75) is 52.7 Å². The Morgan fingerprint density at radius 2 is 2.05 bits per heavy atom. The lowest BCUT2D eigenvalue weighted by Gasteiger charge is -2.24. The monoisotopic (exact) mass is 278 g/mol. The van der Waals surface area contributed by atoms with Crippen molar-refractivity contribution >= 4 is 5.91 Å². The minimum atomic E-state index is 0.0125. The number of hydrogen-bond acceptors (Lipinski definition) is 3. The fourth-order valence-corrected chi connectivity index (χ4v) is 2.79. The average molecular weight is 278 g/mol. The minimum Gasteiger partial charge on any atom is -0.343 e. The van der Waals surface area contributed by atoms with E-state index in [1.165, 1.54) is 5.69 Å². The zero-order chi connectivity index (χ0) is 14.9. The van der Waals surface area contributed by atoms with E-state index in [1.54, 1.807) is 19.0 Å². The van der Waals surface area contributed by atoms with Gasteiger partial charge in [0.1, 0.15) is 0 Å². The predicted octanol–water partition coefficient (Wildman–Crippen LogP) is 1.76. The molecule has 0 atom stereocenters. The van der Waals surface area contributed by atoms with Gasteiger partial charge in [-0.3, -0.25) is 14.4 Å². The van der Waals surface area contributed by atoms with Crippen LogP contribution in [0.25, 0.3) is 0 Å². The molecule has 2 heterocycles. The van der Waals surface area contributed by atoms with Gasteiger partial charge < -0.3 is 4.90 Å². The van der Waals surface area contributed by atoms with Crippen LogP contribution in [0.1, 0.15) is 48.9 Å². The minimum absolute atomic E-state index is 0.0125. The number of hydrogen-bond donors (Lipinski definition) is 0. The zero-order valence-corrected chi connectivity index (χ0v) is 13.3. The van der Waals surface area contributed by atoms with Gasteiger partial charge in [-0.05, 0) is 26.7 Å². The van der Waals surface area contributed by atoms with Gasteiger partial charge >= 0.3 is 0 Å². The van der Waals surface area contributed by atoms with E-state index >= 15 is 0 Å². The van der Waals surface area contributed by atoms with Gasteiger partial charge in [-0.15, -0.1) is 0 Å². The lowest BCUT2D eigenvalue weighted by molar-refractivity contribution is 0.0820. The zero-order valence-electron chi connectivity index (χ0n) is 13.3. The van der Waals surface area contributed by atoms with Crippen LogP contribution in [0.3, 0.4) is 0 Å². The van der Waals surface area contributed by atoms with Gasteiger partial charge in [-0.1, -0.05) is 6.92 Å². The molecule has 0 spiro atoms. The molecule has 2 rings (SSSR count). The van der Waals surface area contributed by atoms with Crippen LogP contribution in [0.2, 0.25) is 0 Å². The molecule has 1 aliphatic rings. The number of carbonyl (C=O) groups is 1. The second-order valence-electron chi connectivity index (χ2n) is 5.97. The summed E-state index contributed by atoms with van der Waals surface area (Å²) in [6.45, 7) is 9.46. The molecule has 0 saturated heterocycles. The van der Waals surface area contributed by atoms with E-state index in [1.807, 2.05) is 0 Å². The summed E-state index contributed by atoms with van der Waals surface area (Å²) in [6.07, 6.45) is 1.95. The van der Waals surface area contributed by atoms with Crippen LogP contribution in [0.5, 0.6) is 0 Å². The van der Waals surface area contributed by atoms with Crippen molar-refractivity contribution < 1.29 is 4.79 Å². The van der Waals surface area contributed by atoms with Gasteiger partial charge in [0.25, 0.3) is 5.91 Å². The molecule has 1 amide bonds. The van der Waals surface area contributed by atoms with Crippen molar-refractivity contribution in [3.05, 3.63) is 17.0 Å². The molecule has 1 aliphatic heterocycles. The number of nitrogens with zero attached hydrogens (tertiary/aromatic N) is 4. The van der Waals surface area contributed by atoms with E-state index in [0.29, 0.717) is 11.7 Å². The standard InChI is InChI=1S/C15H26N4O/c1-6-12-13-10-18(11(2)3)8-7-9-19(13)16-14(12)15(20)17(4)5/h11H,6-10H2,1-5H3. The molecule has 0 bridgehead atoms. The van der Waals surface area contributed by atoms with E-state index < -0.39 is 0 Å². The van der Waals surface area contributed by atoms with Gasteiger partial charge in [0, 0.05) is 45.3 Å². The Morgan fingerprint density at radius 1 is 1.35 bits per heavy atom. The van der Waals surface area contributed by atoms with Crippen molar-refractivity contribution in [3.63, 3.8) is 0 Å². The first-order valence-corrected chi connectivity index (χ1v) is 7.50. The molecule has 20 heavy (non-hydrogen) atoms. The number of rotatable bonds is 3. The highest BCUT2D eigenvalue weighted by molar-refractivity contribution is 5.93. The normalized spacial score (nSPS) is 16.1. The predicted molar refractivity (Wildman–Crippen MR) is 79.8 cm³/mol. The fraction of sp³-hybridized carbons (Fsp3) is 0.733. The van der Waals surface area contributed by atoms with Gasteiger partial charge in [0.05, 0.1) is 5.69 Å². The highest BCUT2D eigenvalue weighted by atomic mass is 16.2. The van der Waals surface area contributed by atoms with Crippen molar-refractivity contribution in [1.82, 2.24) is 19.6 Å². The number of carbonyl (C=O) groups excluding carboxylic acids is 1. The first kappa shape index (κ1) is 15.0. The third kappa shape index (κ3) is 2.73. The topological polar surface area (TPSA) is 41.4 Å². The summed E-state index contributed by atoms with van der Waals surface area (Å²) in [5.41, 5.74) is 2.98. The Kier molecular flexibility index (Phi) is 4.48. The Bertz CT molecular complexity index is 490. The van der Waals surface area contributed by atoms with Crippen molar-refractivity contribution in [2.24, 2.45) is 0 Å². The first-order valence-electron chi connectivity index (χ1n) is 7.50. The first-order chi connectivity index (χ1) is 9.45. The number of fused-ring (bicyclic) bond motifs is 1. The smallest absolute Gasteiger partial charge is 0.274 e. The summed E-state index contributed by atoms with van der Waals surface area (Å²) in [6, 6.07) is 0.522. The lowest BCUT2D eigenvalue weighted by Crippen LogP contribution is -2.30. The van der Waals surface area contributed by atoms with Gasteiger partial charge in [0.2, 0.25) is 0 Å². The highest BCUT2D eigenvalue weighted by Gasteiger charge is 2.26. The van der Waals surface area contributed by atoms with Crippen LogP contribution in [0, 0.1) is 0 Å². The van der Waals surface area contributed by atoms with Gasteiger partial charge in [-0.25, -0.2) is 0 Å². The fourth-order valence-electron chi connectivity index (χ4n) is 2.79. The van der Waals surface area contributed by atoms with Crippen molar-refractivity contribution in [1.29, 1.82) is 0 Å². The quantitative estimate of drug-likeness (QED) is 0.846. The highest BCUT2D eigenvalue weighted by Crippen LogP contribution is 2.22. The molecule has 0 saturated carbocycles. The van der Waals surface area contributed by atoms with E-state index in [9.17, 15) is 4.79 Å². The molecule has 5 nitrogen and oxygen atoms in total. The van der Waals surface area contributed by atoms with Crippen LogP contribution < -0.4 is 0 Å². The lowest BCUT2D eigenvalue weighted by atomic mass is 10.1. The maximum atomic E-state index is 12.3. The molecule has 0 aliphatic carbocycles. The van der Waals surface area contributed by atoms with Gasteiger partial charge in [0.15, 0.2) is 5.69 Å². The summed E-state index contributed by atoms with van der Waals surface area (Å²) in [5.74, 6) is 0.0125. The summed E-state index contributed by atoms with van der Waals surface area (Å²) >= 11 is 0.